The number of rotatable bonds is 4. The average molecular weight is 323 g/mol. The molecule has 114 valence electrons. The summed E-state index contributed by atoms with van der Waals surface area (Å²) in [5, 5.41) is -5.41. The fraction of sp³-hybridized carbons (Fsp3) is 0.167. The summed E-state index contributed by atoms with van der Waals surface area (Å²) in [6, 6.07) is 9.62. The molecule has 0 atom stereocenters. The van der Waals surface area contributed by atoms with E-state index in [2.05, 4.69) is 4.74 Å². The molecule has 0 aliphatic rings. The van der Waals surface area contributed by atoms with Gasteiger partial charge in [0.05, 0.1) is 0 Å². The van der Waals surface area contributed by atoms with Crippen LogP contribution >= 0.6 is 0 Å². The number of hydrogen-bond donors (Lipinski definition) is 0. The SMILES string of the molecule is O=S(=O)([O-])C(F)(F)C(F)(F)Oc1cccc2ccccc12. The number of alkyl halides is 4. The van der Waals surface area contributed by atoms with Crippen molar-refractivity contribution < 1.29 is 35.3 Å². The standard InChI is InChI=1S/C12H8F4O4S/c13-11(14,12(15,16)21(17,18)19)20-10-7-3-5-8-4-1-2-6-9(8)10/h1-7H,(H,17,18,19)/p-1. The first-order chi connectivity index (χ1) is 9.56. The van der Waals surface area contributed by atoms with Gasteiger partial charge >= 0.3 is 11.4 Å². The van der Waals surface area contributed by atoms with Crippen molar-refractivity contribution in [2.45, 2.75) is 11.4 Å². The van der Waals surface area contributed by atoms with E-state index >= 15 is 0 Å². The zero-order chi connectivity index (χ0) is 15.9. The Hall–Kier alpha value is -1.87. The molecule has 0 aliphatic heterocycles. The Kier molecular flexibility index (Phi) is 3.58. The summed E-state index contributed by atoms with van der Waals surface area (Å²) in [7, 11) is -6.59. The number of fused-ring (bicyclic) bond motifs is 1. The van der Waals surface area contributed by atoms with Gasteiger partial charge in [0, 0.05) is 5.39 Å². The second kappa shape index (κ2) is 4.85. The quantitative estimate of drug-likeness (QED) is 0.641. The molecule has 0 fully saturated rings. The summed E-state index contributed by atoms with van der Waals surface area (Å²) < 4.78 is 87.5. The van der Waals surface area contributed by atoms with Gasteiger partial charge in [-0.15, -0.1) is 0 Å². The molecular formula is C12H7F4O4S-. The van der Waals surface area contributed by atoms with Crippen LogP contribution in [0.15, 0.2) is 42.5 Å². The van der Waals surface area contributed by atoms with Gasteiger partial charge in [0.25, 0.3) is 0 Å². The molecule has 0 saturated heterocycles. The van der Waals surface area contributed by atoms with Crippen LogP contribution in [-0.2, 0) is 10.1 Å². The second-order valence-electron chi connectivity index (χ2n) is 4.07. The Balaban J connectivity index is 2.49. The number of benzene rings is 2. The largest absolute Gasteiger partial charge is 0.743 e. The highest BCUT2D eigenvalue weighted by atomic mass is 32.2. The molecule has 0 radical (unpaired) electrons. The van der Waals surface area contributed by atoms with Crippen molar-refractivity contribution in [3.05, 3.63) is 42.5 Å². The van der Waals surface area contributed by atoms with Gasteiger partial charge in [0.15, 0.2) is 10.1 Å². The molecule has 0 aromatic heterocycles. The van der Waals surface area contributed by atoms with Crippen molar-refractivity contribution in [3.8, 4) is 5.75 Å². The van der Waals surface area contributed by atoms with E-state index in [9.17, 15) is 30.5 Å². The van der Waals surface area contributed by atoms with Crippen molar-refractivity contribution in [1.29, 1.82) is 0 Å². The molecule has 0 unspecified atom stereocenters. The van der Waals surface area contributed by atoms with Crippen LogP contribution in [0.5, 0.6) is 5.75 Å². The van der Waals surface area contributed by atoms with Crippen LogP contribution in [0.4, 0.5) is 17.6 Å². The molecule has 21 heavy (non-hydrogen) atoms. The third-order valence-electron chi connectivity index (χ3n) is 2.64. The van der Waals surface area contributed by atoms with Gasteiger partial charge in [0.2, 0.25) is 0 Å². The van der Waals surface area contributed by atoms with E-state index < -0.39 is 27.2 Å². The summed E-state index contributed by atoms with van der Waals surface area (Å²) in [5.74, 6) is -0.665. The maximum Gasteiger partial charge on any atom is 0.479 e. The fourth-order valence-electron chi connectivity index (χ4n) is 1.63. The average Bonchev–Trinajstić information content (AvgIpc) is 2.37. The molecule has 9 heteroatoms. The predicted molar refractivity (Wildman–Crippen MR) is 64.2 cm³/mol. The van der Waals surface area contributed by atoms with Crippen LogP contribution in [0.1, 0.15) is 0 Å². The highest BCUT2D eigenvalue weighted by molar-refractivity contribution is 7.86. The van der Waals surface area contributed by atoms with E-state index in [0.29, 0.717) is 5.39 Å². The van der Waals surface area contributed by atoms with E-state index in [1.165, 1.54) is 30.3 Å². The first kappa shape index (κ1) is 15.5. The Labute approximate surface area is 116 Å². The topological polar surface area (TPSA) is 66.4 Å². The number of ether oxygens (including phenoxy) is 1. The monoisotopic (exact) mass is 323 g/mol. The van der Waals surface area contributed by atoms with Crippen molar-refractivity contribution in [3.63, 3.8) is 0 Å². The smallest absolute Gasteiger partial charge is 0.479 e. The van der Waals surface area contributed by atoms with E-state index in [4.69, 9.17) is 0 Å². The molecule has 4 nitrogen and oxygen atoms in total. The van der Waals surface area contributed by atoms with Crippen LogP contribution in [0, 0.1) is 0 Å². The van der Waals surface area contributed by atoms with Gasteiger partial charge in [-0.25, -0.2) is 8.42 Å². The van der Waals surface area contributed by atoms with E-state index in [0.717, 1.165) is 6.07 Å². The molecule has 0 amide bonds. The lowest BCUT2D eigenvalue weighted by atomic mass is 10.1. The van der Waals surface area contributed by atoms with Gasteiger partial charge in [-0.05, 0) is 11.5 Å². The van der Waals surface area contributed by atoms with Crippen LogP contribution in [0.25, 0.3) is 10.8 Å². The summed E-state index contributed by atoms with van der Waals surface area (Å²) in [5.41, 5.74) is 0. The first-order valence-corrected chi connectivity index (χ1v) is 6.85. The van der Waals surface area contributed by atoms with Crippen LogP contribution in [0.3, 0.4) is 0 Å². The van der Waals surface area contributed by atoms with Crippen molar-refractivity contribution in [1.82, 2.24) is 0 Å². The zero-order valence-corrected chi connectivity index (χ0v) is 10.9. The molecule has 2 aromatic carbocycles. The normalized spacial score (nSPS) is 13.4. The van der Waals surface area contributed by atoms with Crippen molar-refractivity contribution in [2.24, 2.45) is 0 Å². The molecule has 0 aliphatic carbocycles. The lowest BCUT2D eigenvalue weighted by Crippen LogP contribution is -2.50. The summed E-state index contributed by atoms with van der Waals surface area (Å²) >= 11 is 0. The maximum absolute atomic E-state index is 13.4. The molecule has 0 saturated carbocycles. The summed E-state index contributed by atoms with van der Waals surface area (Å²) in [4.78, 5) is 0. The molecule has 0 bridgehead atoms. The minimum Gasteiger partial charge on any atom is -0.743 e. The summed E-state index contributed by atoms with van der Waals surface area (Å²) in [6.07, 6.45) is -5.50. The molecule has 0 N–H and O–H groups in total. The minimum absolute atomic E-state index is 0.0683. The van der Waals surface area contributed by atoms with E-state index in [1.807, 2.05) is 0 Å². The fourth-order valence-corrected chi connectivity index (χ4v) is 1.96. The number of hydrogen-bond acceptors (Lipinski definition) is 4. The highest BCUT2D eigenvalue weighted by Crippen LogP contribution is 2.41. The Bertz CT molecular complexity index is 768. The third kappa shape index (κ3) is 2.66. The third-order valence-corrected chi connectivity index (χ3v) is 3.51. The van der Waals surface area contributed by atoms with Crippen molar-refractivity contribution >= 4 is 20.9 Å². The molecule has 0 heterocycles. The minimum atomic E-state index is -6.59. The van der Waals surface area contributed by atoms with Crippen LogP contribution in [-0.4, -0.2) is 24.3 Å². The van der Waals surface area contributed by atoms with Gasteiger partial charge in [0.1, 0.15) is 5.75 Å². The lowest BCUT2D eigenvalue weighted by molar-refractivity contribution is -0.274. The highest BCUT2D eigenvalue weighted by Gasteiger charge is 2.65. The van der Waals surface area contributed by atoms with Crippen LogP contribution in [0.2, 0.25) is 0 Å². The Morgan fingerprint density at radius 1 is 0.952 bits per heavy atom. The molecule has 2 aromatic rings. The number of halogens is 4. The van der Waals surface area contributed by atoms with Gasteiger partial charge in [-0.3, -0.25) is 0 Å². The lowest BCUT2D eigenvalue weighted by Gasteiger charge is -2.28. The van der Waals surface area contributed by atoms with Gasteiger partial charge in [-0.1, -0.05) is 36.4 Å². The summed E-state index contributed by atoms with van der Waals surface area (Å²) in [6.45, 7) is 0. The van der Waals surface area contributed by atoms with Crippen molar-refractivity contribution in [2.75, 3.05) is 0 Å². The Morgan fingerprint density at radius 3 is 2.14 bits per heavy atom. The van der Waals surface area contributed by atoms with Gasteiger partial charge < -0.3 is 9.29 Å². The second-order valence-corrected chi connectivity index (χ2v) is 5.49. The molecular weight excluding hydrogens is 316 g/mol. The van der Waals surface area contributed by atoms with E-state index in [-0.39, 0.29) is 5.39 Å². The van der Waals surface area contributed by atoms with E-state index in [1.54, 1.807) is 6.07 Å². The Morgan fingerprint density at radius 2 is 1.52 bits per heavy atom. The molecule has 0 spiro atoms. The first-order valence-electron chi connectivity index (χ1n) is 5.44. The predicted octanol–water partition coefficient (Wildman–Crippen LogP) is 2.95. The maximum atomic E-state index is 13.4. The zero-order valence-electron chi connectivity index (χ0n) is 10.1. The van der Waals surface area contributed by atoms with Gasteiger partial charge in [-0.2, -0.15) is 17.6 Å². The van der Waals surface area contributed by atoms with Crippen LogP contribution < -0.4 is 4.74 Å². The molecule has 2 rings (SSSR count).